The maximum Gasteiger partial charge on any atom is 0.251 e. The molecule has 2 heterocycles. The van der Waals surface area contributed by atoms with Crippen molar-refractivity contribution >= 4 is 17.5 Å². The smallest absolute Gasteiger partial charge is 0.251 e. The van der Waals surface area contributed by atoms with Gasteiger partial charge in [0, 0.05) is 29.8 Å². The Hall–Kier alpha value is -4.11. The van der Waals surface area contributed by atoms with Crippen LogP contribution in [0.1, 0.15) is 71.2 Å². The fourth-order valence-electron chi connectivity index (χ4n) is 6.72. The predicted octanol–water partition coefficient (Wildman–Crippen LogP) is 5.60. The summed E-state index contributed by atoms with van der Waals surface area (Å²) in [6.07, 6.45) is 4.54. The molecule has 1 saturated carbocycles. The van der Waals surface area contributed by atoms with Crippen molar-refractivity contribution in [3.63, 3.8) is 0 Å². The van der Waals surface area contributed by atoms with Crippen LogP contribution in [-0.4, -0.2) is 29.3 Å². The van der Waals surface area contributed by atoms with Gasteiger partial charge in [-0.2, -0.15) is 5.26 Å². The highest BCUT2D eigenvalue weighted by molar-refractivity contribution is 5.95. The van der Waals surface area contributed by atoms with Crippen LogP contribution < -0.4 is 10.6 Å². The van der Waals surface area contributed by atoms with Crippen molar-refractivity contribution in [2.75, 3.05) is 11.9 Å². The van der Waals surface area contributed by atoms with E-state index >= 15 is 0 Å². The molecule has 1 saturated heterocycles. The van der Waals surface area contributed by atoms with Crippen LogP contribution in [0.3, 0.4) is 0 Å². The molecule has 0 spiro atoms. The van der Waals surface area contributed by atoms with Gasteiger partial charge in [0.05, 0.1) is 29.6 Å². The van der Waals surface area contributed by atoms with Crippen LogP contribution in [0, 0.1) is 23.2 Å². The number of nitriles is 1. The van der Waals surface area contributed by atoms with E-state index in [1.807, 2.05) is 66.7 Å². The number of benzene rings is 3. The average Bonchev–Trinajstić information content (AvgIpc) is 3.43. The fourth-order valence-corrected chi connectivity index (χ4v) is 6.72. The van der Waals surface area contributed by atoms with E-state index in [4.69, 9.17) is 0 Å². The van der Waals surface area contributed by atoms with Gasteiger partial charge in [-0.3, -0.25) is 9.59 Å². The molecule has 3 aromatic carbocycles. The van der Waals surface area contributed by atoms with Gasteiger partial charge >= 0.3 is 0 Å². The third-order valence-electron chi connectivity index (χ3n) is 8.58. The van der Waals surface area contributed by atoms with E-state index in [-0.39, 0.29) is 41.8 Å². The molecule has 3 aliphatic rings. The standard InChI is InChI=1S/C32H32N4O2/c33-20-21-14-16-22(17-15-21)29-26-18-19-36(30(26)24-10-4-6-12-27(24)34-29)32(38)25-11-5-7-13-28(25)35-31(37)23-8-2-1-3-9-23/h1-4,6,8-10,12,14-17,25-26,28-30,34H,5,7,11,13,18-19H2,(H,35,37)/t25-,26+,28+,29-,30-/m0/s1. The Morgan fingerprint density at radius 2 is 1.63 bits per heavy atom. The van der Waals surface area contributed by atoms with Gasteiger partial charge in [-0.25, -0.2) is 0 Å². The summed E-state index contributed by atoms with van der Waals surface area (Å²) in [4.78, 5) is 29.3. The van der Waals surface area contributed by atoms with E-state index in [0.29, 0.717) is 17.7 Å². The zero-order valence-electron chi connectivity index (χ0n) is 21.3. The summed E-state index contributed by atoms with van der Waals surface area (Å²) in [5.74, 6) is 0.0573. The molecule has 5 atom stereocenters. The Bertz CT molecular complexity index is 1360. The minimum Gasteiger partial charge on any atom is -0.378 e. The maximum atomic E-state index is 14.2. The van der Waals surface area contributed by atoms with E-state index in [9.17, 15) is 14.9 Å². The number of likely N-dealkylation sites (tertiary alicyclic amines) is 1. The largest absolute Gasteiger partial charge is 0.378 e. The number of nitrogens with one attached hydrogen (secondary N) is 2. The minimum absolute atomic E-state index is 0.0204. The zero-order valence-corrected chi connectivity index (χ0v) is 21.3. The van der Waals surface area contributed by atoms with Crippen LogP contribution in [0.5, 0.6) is 0 Å². The number of carbonyl (C=O) groups is 2. The number of fused-ring (bicyclic) bond motifs is 3. The number of carbonyl (C=O) groups excluding carboxylic acids is 2. The molecule has 0 radical (unpaired) electrons. The molecule has 6 heteroatoms. The molecule has 192 valence electrons. The third-order valence-corrected chi connectivity index (χ3v) is 8.58. The summed E-state index contributed by atoms with van der Waals surface area (Å²) in [7, 11) is 0. The van der Waals surface area contributed by atoms with Crippen molar-refractivity contribution in [1.82, 2.24) is 10.2 Å². The van der Waals surface area contributed by atoms with Crippen LogP contribution >= 0.6 is 0 Å². The predicted molar refractivity (Wildman–Crippen MR) is 146 cm³/mol. The first-order valence-electron chi connectivity index (χ1n) is 13.7. The van der Waals surface area contributed by atoms with Crippen molar-refractivity contribution < 1.29 is 9.59 Å². The van der Waals surface area contributed by atoms with E-state index in [1.165, 1.54) is 0 Å². The summed E-state index contributed by atoms with van der Waals surface area (Å²) >= 11 is 0. The molecule has 0 bridgehead atoms. The van der Waals surface area contributed by atoms with E-state index in [1.54, 1.807) is 0 Å². The third kappa shape index (κ3) is 4.43. The summed E-state index contributed by atoms with van der Waals surface area (Å²) in [5, 5.41) is 16.2. The summed E-state index contributed by atoms with van der Waals surface area (Å²) in [6.45, 7) is 0.701. The van der Waals surface area contributed by atoms with Gasteiger partial charge < -0.3 is 15.5 Å². The van der Waals surface area contributed by atoms with Gasteiger partial charge in [0.2, 0.25) is 5.91 Å². The second kappa shape index (κ2) is 10.3. The zero-order chi connectivity index (χ0) is 26.1. The van der Waals surface area contributed by atoms with Gasteiger partial charge in [0.25, 0.3) is 5.91 Å². The Kier molecular flexibility index (Phi) is 6.59. The summed E-state index contributed by atoms with van der Waals surface area (Å²) in [6, 6.07) is 27.4. The highest BCUT2D eigenvalue weighted by Crippen LogP contribution is 2.51. The minimum atomic E-state index is -0.217. The molecule has 2 fully saturated rings. The molecule has 2 amide bonds. The highest BCUT2D eigenvalue weighted by Gasteiger charge is 2.48. The van der Waals surface area contributed by atoms with E-state index in [0.717, 1.165) is 48.9 Å². The van der Waals surface area contributed by atoms with Gasteiger partial charge in [-0.1, -0.05) is 61.4 Å². The van der Waals surface area contributed by atoms with Crippen LogP contribution in [0.25, 0.3) is 0 Å². The lowest BCUT2D eigenvalue weighted by Gasteiger charge is -2.42. The normalized spacial score (nSPS) is 25.9. The van der Waals surface area contributed by atoms with Gasteiger partial charge in [-0.05, 0) is 60.7 Å². The number of hydrogen-bond donors (Lipinski definition) is 2. The molecular formula is C32H32N4O2. The van der Waals surface area contributed by atoms with Crippen LogP contribution in [0.4, 0.5) is 5.69 Å². The molecule has 2 aliphatic heterocycles. The molecule has 38 heavy (non-hydrogen) atoms. The van der Waals surface area contributed by atoms with Crippen LogP contribution in [-0.2, 0) is 4.79 Å². The molecule has 6 rings (SSSR count). The summed E-state index contributed by atoms with van der Waals surface area (Å²) in [5.41, 5.74) is 4.62. The number of nitrogens with zero attached hydrogens (tertiary/aromatic N) is 2. The average molecular weight is 505 g/mol. The highest BCUT2D eigenvalue weighted by atomic mass is 16.2. The molecule has 1 aliphatic carbocycles. The first-order chi connectivity index (χ1) is 18.6. The van der Waals surface area contributed by atoms with Crippen molar-refractivity contribution in [3.05, 3.63) is 101 Å². The molecule has 6 nitrogen and oxygen atoms in total. The topological polar surface area (TPSA) is 85.2 Å². The Morgan fingerprint density at radius 3 is 2.42 bits per heavy atom. The molecule has 0 aromatic heterocycles. The lowest BCUT2D eigenvalue weighted by atomic mass is 9.79. The van der Waals surface area contributed by atoms with Crippen molar-refractivity contribution in [1.29, 1.82) is 5.26 Å². The quantitative estimate of drug-likeness (QED) is 0.484. The lowest BCUT2D eigenvalue weighted by Crippen LogP contribution is -2.50. The Labute approximate surface area is 223 Å². The van der Waals surface area contributed by atoms with Crippen molar-refractivity contribution in [2.45, 2.75) is 50.2 Å². The first-order valence-corrected chi connectivity index (χ1v) is 13.7. The molecule has 0 unspecified atom stereocenters. The van der Waals surface area contributed by atoms with E-state index in [2.05, 4.69) is 33.7 Å². The monoisotopic (exact) mass is 504 g/mol. The van der Waals surface area contributed by atoms with Gasteiger partial charge in [-0.15, -0.1) is 0 Å². The van der Waals surface area contributed by atoms with E-state index < -0.39 is 0 Å². The second-order valence-corrected chi connectivity index (χ2v) is 10.7. The van der Waals surface area contributed by atoms with Crippen molar-refractivity contribution in [2.24, 2.45) is 11.8 Å². The van der Waals surface area contributed by atoms with Gasteiger partial charge in [0.15, 0.2) is 0 Å². The number of rotatable bonds is 4. The lowest BCUT2D eigenvalue weighted by molar-refractivity contribution is -0.138. The fraction of sp³-hybridized carbons (Fsp3) is 0.344. The maximum absolute atomic E-state index is 14.2. The van der Waals surface area contributed by atoms with Crippen LogP contribution in [0.2, 0.25) is 0 Å². The molecule has 2 N–H and O–H groups in total. The number of anilines is 1. The van der Waals surface area contributed by atoms with Gasteiger partial charge in [0.1, 0.15) is 0 Å². The van der Waals surface area contributed by atoms with Crippen molar-refractivity contribution in [3.8, 4) is 6.07 Å². The number of para-hydroxylation sites is 1. The molecule has 3 aromatic rings. The second-order valence-electron chi connectivity index (χ2n) is 10.7. The Morgan fingerprint density at radius 1 is 0.895 bits per heavy atom. The Balaban J connectivity index is 1.28. The first kappa shape index (κ1) is 24.2. The number of amides is 2. The summed E-state index contributed by atoms with van der Waals surface area (Å²) < 4.78 is 0. The molecular weight excluding hydrogens is 472 g/mol. The number of hydrogen-bond acceptors (Lipinski definition) is 4. The van der Waals surface area contributed by atoms with Crippen LogP contribution in [0.15, 0.2) is 78.9 Å². The SMILES string of the molecule is N#Cc1ccc([C@@H]2Nc3ccccc3[C@H]3[C@@H]2CCN3C(=O)[C@H]2CCCC[C@H]2NC(=O)c2ccccc2)cc1.